The summed E-state index contributed by atoms with van der Waals surface area (Å²) in [5.41, 5.74) is -0.0682. The Bertz CT molecular complexity index is 521. The van der Waals surface area contributed by atoms with E-state index in [-0.39, 0.29) is 11.5 Å². The molecule has 1 fully saturated rings. The van der Waals surface area contributed by atoms with Crippen LogP contribution < -0.4 is 5.56 Å². The van der Waals surface area contributed by atoms with Gasteiger partial charge in [0.15, 0.2) is 0 Å². The molecule has 1 aromatic rings. The lowest BCUT2D eigenvalue weighted by molar-refractivity contribution is -0.132. The summed E-state index contributed by atoms with van der Waals surface area (Å²) in [4.78, 5) is 25.8. The minimum absolute atomic E-state index is 0.0682. The van der Waals surface area contributed by atoms with Crippen molar-refractivity contribution in [1.82, 2.24) is 9.47 Å². The van der Waals surface area contributed by atoms with Crippen molar-refractivity contribution in [3.05, 3.63) is 33.2 Å². The van der Waals surface area contributed by atoms with Gasteiger partial charge in [-0.05, 0) is 34.8 Å². The van der Waals surface area contributed by atoms with Gasteiger partial charge in [-0.25, -0.2) is 0 Å². The molecule has 1 aliphatic rings. The Morgan fingerprint density at radius 3 is 2.75 bits per heavy atom. The van der Waals surface area contributed by atoms with E-state index in [2.05, 4.69) is 15.9 Å². The standard InChI is InChI=1S/C15H21BrN2O2/c1-17(13-5-3-2-4-6-13)14(19)9-10-18-11-12(16)7-8-15(18)20/h7-8,11,13H,2-6,9-10H2,1H3. The molecule has 1 aliphatic carbocycles. The fraction of sp³-hybridized carbons (Fsp3) is 0.600. The number of carbonyl (C=O) groups excluding carboxylic acids is 1. The van der Waals surface area contributed by atoms with Gasteiger partial charge in [-0.15, -0.1) is 0 Å². The van der Waals surface area contributed by atoms with Crippen LogP contribution in [0.15, 0.2) is 27.6 Å². The van der Waals surface area contributed by atoms with Gasteiger partial charge in [0.25, 0.3) is 5.56 Å². The first-order valence-corrected chi connectivity index (χ1v) is 7.99. The normalized spacial score (nSPS) is 16.1. The predicted molar refractivity (Wildman–Crippen MR) is 82.7 cm³/mol. The molecule has 110 valence electrons. The summed E-state index contributed by atoms with van der Waals surface area (Å²) in [6.45, 7) is 0.439. The van der Waals surface area contributed by atoms with Crippen LogP contribution in [0.25, 0.3) is 0 Å². The number of nitrogens with zero attached hydrogens (tertiary/aromatic N) is 2. The number of pyridine rings is 1. The minimum Gasteiger partial charge on any atom is -0.343 e. The Morgan fingerprint density at radius 1 is 1.35 bits per heavy atom. The van der Waals surface area contributed by atoms with Gasteiger partial charge in [0.05, 0.1) is 0 Å². The van der Waals surface area contributed by atoms with Gasteiger partial charge >= 0.3 is 0 Å². The van der Waals surface area contributed by atoms with E-state index in [0.29, 0.717) is 19.0 Å². The first-order chi connectivity index (χ1) is 9.58. The second-order valence-corrected chi connectivity index (χ2v) is 6.34. The molecule has 0 bridgehead atoms. The number of hydrogen-bond acceptors (Lipinski definition) is 2. The second kappa shape index (κ2) is 7.07. The molecule has 0 aliphatic heterocycles. The van der Waals surface area contributed by atoms with E-state index in [1.54, 1.807) is 16.8 Å². The fourth-order valence-corrected chi connectivity index (χ4v) is 3.12. The molecule has 0 aromatic carbocycles. The van der Waals surface area contributed by atoms with Gasteiger partial charge in [0.1, 0.15) is 0 Å². The number of rotatable bonds is 4. The van der Waals surface area contributed by atoms with Crippen molar-refractivity contribution >= 4 is 21.8 Å². The quantitative estimate of drug-likeness (QED) is 0.845. The van der Waals surface area contributed by atoms with Crippen LogP contribution in [0.5, 0.6) is 0 Å². The fourth-order valence-electron chi connectivity index (χ4n) is 2.74. The Morgan fingerprint density at radius 2 is 2.05 bits per heavy atom. The van der Waals surface area contributed by atoms with E-state index in [1.807, 2.05) is 11.9 Å². The molecule has 1 heterocycles. The largest absolute Gasteiger partial charge is 0.343 e. The second-order valence-electron chi connectivity index (χ2n) is 5.43. The highest BCUT2D eigenvalue weighted by Gasteiger charge is 2.21. The molecule has 0 spiro atoms. The van der Waals surface area contributed by atoms with Gasteiger partial charge < -0.3 is 9.47 Å². The maximum atomic E-state index is 12.2. The highest BCUT2D eigenvalue weighted by Crippen LogP contribution is 2.22. The summed E-state index contributed by atoms with van der Waals surface area (Å²) < 4.78 is 2.43. The number of carbonyl (C=O) groups is 1. The molecule has 2 rings (SSSR count). The van der Waals surface area contributed by atoms with Crippen molar-refractivity contribution < 1.29 is 4.79 Å². The van der Waals surface area contributed by atoms with Crippen LogP contribution in [0.1, 0.15) is 38.5 Å². The lowest BCUT2D eigenvalue weighted by atomic mass is 9.94. The third-order valence-corrected chi connectivity index (χ3v) is 4.50. The van der Waals surface area contributed by atoms with Crippen LogP contribution in [-0.2, 0) is 11.3 Å². The summed E-state index contributed by atoms with van der Waals surface area (Å²) in [5, 5.41) is 0. The minimum atomic E-state index is -0.0682. The Kier molecular flexibility index (Phi) is 5.40. The average Bonchev–Trinajstić information content (AvgIpc) is 2.48. The SMILES string of the molecule is CN(C(=O)CCn1cc(Br)ccc1=O)C1CCCCC1. The van der Waals surface area contributed by atoms with E-state index in [1.165, 1.54) is 25.3 Å². The lowest BCUT2D eigenvalue weighted by Crippen LogP contribution is -2.39. The van der Waals surface area contributed by atoms with Gasteiger partial charge in [0.2, 0.25) is 5.91 Å². The topological polar surface area (TPSA) is 42.3 Å². The maximum Gasteiger partial charge on any atom is 0.250 e. The molecule has 0 atom stereocenters. The molecular formula is C15H21BrN2O2. The van der Waals surface area contributed by atoms with Crippen LogP contribution in [0.4, 0.5) is 0 Å². The summed E-state index contributed by atoms with van der Waals surface area (Å²) in [7, 11) is 1.89. The first kappa shape index (κ1) is 15.3. The van der Waals surface area contributed by atoms with E-state index < -0.39 is 0 Å². The van der Waals surface area contributed by atoms with Crippen molar-refractivity contribution in [2.75, 3.05) is 7.05 Å². The average molecular weight is 341 g/mol. The van der Waals surface area contributed by atoms with Gasteiger partial charge in [-0.1, -0.05) is 19.3 Å². The Hall–Kier alpha value is -1.10. The van der Waals surface area contributed by atoms with Crippen molar-refractivity contribution in [3.8, 4) is 0 Å². The van der Waals surface area contributed by atoms with Gasteiger partial charge in [-0.3, -0.25) is 9.59 Å². The zero-order valence-electron chi connectivity index (χ0n) is 11.8. The Labute approximate surface area is 127 Å². The smallest absolute Gasteiger partial charge is 0.250 e. The lowest BCUT2D eigenvalue weighted by Gasteiger charge is -2.31. The van der Waals surface area contributed by atoms with Crippen LogP contribution in [-0.4, -0.2) is 28.5 Å². The molecular weight excluding hydrogens is 320 g/mol. The number of aromatic nitrogens is 1. The van der Waals surface area contributed by atoms with Crippen molar-refractivity contribution in [1.29, 1.82) is 0 Å². The molecule has 20 heavy (non-hydrogen) atoms. The zero-order chi connectivity index (χ0) is 14.5. The third-order valence-electron chi connectivity index (χ3n) is 4.03. The molecule has 5 heteroatoms. The Balaban J connectivity index is 1.91. The first-order valence-electron chi connectivity index (χ1n) is 7.19. The molecule has 1 amide bonds. The summed E-state index contributed by atoms with van der Waals surface area (Å²) >= 11 is 3.34. The van der Waals surface area contributed by atoms with E-state index in [0.717, 1.165) is 17.3 Å². The van der Waals surface area contributed by atoms with Crippen molar-refractivity contribution in [3.63, 3.8) is 0 Å². The van der Waals surface area contributed by atoms with Crippen molar-refractivity contribution in [2.24, 2.45) is 0 Å². The molecule has 0 saturated heterocycles. The molecule has 1 aromatic heterocycles. The zero-order valence-corrected chi connectivity index (χ0v) is 13.4. The molecule has 1 saturated carbocycles. The van der Waals surface area contributed by atoms with Crippen LogP contribution in [0.2, 0.25) is 0 Å². The predicted octanol–water partition coefficient (Wildman–Crippen LogP) is 2.79. The monoisotopic (exact) mass is 340 g/mol. The number of halogens is 1. The highest BCUT2D eigenvalue weighted by atomic mass is 79.9. The number of hydrogen-bond donors (Lipinski definition) is 0. The van der Waals surface area contributed by atoms with Crippen LogP contribution in [0, 0.1) is 0 Å². The van der Waals surface area contributed by atoms with E-state index in [9.17, 15) is 9.59 Å². The molecule has 0 radical (unpaired) electrons. The third kappa shape index (κ3) is 3.95. The van der Waals surface area contributed by atoms with Crippen LogP contribution >= 0.6 is 15.9 Å². The number of amides is 1. The molecule has 0 unspecified atom stereocenters. The number of aryl methyl sites for hydroxylation is 1. The summed E-state index contributed by atoms with van der Waals surface area (Å²) in [5.74, 6) is 0.128. The van der Waals surface area contributed by atoms with E-state index in [4.69, 9.17) is 0 Å². The molecule has 0 N–H and O–H groups in total. The maximum absolute atomic E-state index is 12.2. The summed E-state index contributed by atoms with van der Waals surface area (Å²) in [6, 6.07) is 3.62. The van der Waals surface area contributed by atoms with Gasteiger partial charge in [-0.2, -0.15) is 0 Å². The van der Waals surface area contributed by atoms with Gasteiger partial charge in [0, 0.05) is 42.8 Å². The van der Waals surface area contributed by atoms with Crippen molar-refractivity contribution in [2.45, 2.75) is 51.1 Å². The van der Waals surface area contributed by atoms with E-state index >= 15 is 0 Å². The summed E-state index contributed by atoms with van der Waals surface area (Å²) in [6.07, 6.45) is 8.05. The van der Waals surface area contributed by atoms with Crippen LogP contribution in [0.3, 0.4) is 0 Å². The molecule has 4 nitrogen and oxygen atoms in total. The highest BCUT2D eigenvalue weighted by molar-refractivity contribution is 9.10.